The number of ether oxygens (including phenoxy) is 2. The minimum atomic E-state index is -4.57. The van der Waals surface area contributed by atoms with Crippen molar-refractivity contribution < 1.29 is 32.1 Å². The number of hydrogen-bond donors (Lipinski definition) is 1. The molecule has 1 aliphatic rings. The highest BCUT2D eigenvalue weighted by atomic mass is 19.4. The summed E-state index contributed by atoms with van der Waals surface area (Å²) >= 11 is 0. The Hall–Kier alpha value is -2.64. The number of benzene rings is 3. The van der Waals surface area contributed by atoms with Crippen LogP contribution in [0.25, 0.3) is 10.8 Å². The molecule has 30 heavy (non-hydrogen) atoms. The lowest BCUT2D eigenvalue weighted by atomic mass is 9.85. The van der Waals surface area contributed by atoms with Crippen molar-refractivity contribution in [3.8, 4) is 5.75 Å². The molecule has 3 aromatic carbocycles. The Balaban J connectivity index is 1.62. The molecule has 1 aliphatic heterocycles. The molecule has 1 heterocycles. The highest BCUT2D eigenvalue weighted by Gasteiger charge is 2.37. The van der Waals surface area contributed by atoms with Crippen molar-refractivity contribution >= 4 is 10.8 Å². The van der Waals surface area contributed by atoms with Crippen LogP contribution >= 0.6 is 0 Å². The zero-order valence-corrected chi connectivity index (χ0v) is 16.0. The summed E-state index contributed by atoms with van der Waals surface area (Å²) in [6.07, 6.45) is -4.15. The van der Waals surface area contributed by atoms with E-state index < -0.39 is 17.3 Å². The number of halogens is 4. The lowest BCUT2D eigenvalue weighted by Gasteiger charge is -2.33. The van der Waals surface area contributed by atoms with Gasteiger partial charge in [-0.1, -0.05) is 18.2 Å². The quantitative estimate of drug-likeness (QED) is 0.561. The van der Waals surface area contributed by atoms with Gasteiger partial charge in [-0.25, -0.2) is 4.39 Å². The second-order valence-corrected chi connectivity index (χ2v) is 7.50. The highest BCUT2D eigenvalue weighted by molar-refractivity contribution is 5.83. The lowest BCUT2D eigenvalue weighted by Crippen LogP contribution is -2.33. The third-order valence-electron chi connectivity index (χ3n) is 5.36. The molecule has 1 fully saturated rings. The number of aliphatic hydroxyl groups is 1. The molecule has 0 spiro atoms. The molecule has 0 aliphatic carbocycles. The van der Waals surface area contributed by atoms with Gasteiger partial charge in [-0.05, 0) is 58.3 Å². The first-order valence-corrected chi connectivity index (χ1v) is 9.57. The van der Waals surface area contributed by atoms with E-state index in [1.165, 1.54) is 18.2 Å². The van der Waals surface area contributed by atoms with Gasteiger partial charge in [0.1, 0.15) is 18.2 Å². The summed E-state index contributed by atoms with van der Waals surface area (Å²) < 4.78 is 64.6. The summed E-state index contributed by atoms with van der Waals surface area (Å²) in [4.78, 5) is 0. The number of alkyl halides is 3. The first kappa shape index (κ1) is 20.6. The topological polar surface area (TPSA) is 38.7 Å². The van der Waals surface area contributed by atoms with Crippen LogP contribution in [-0.4, -0.2) is 18.3 Å². The van der Waals surface area contributed by atoms with Gasteiger partial charge < -0.3 is 14.6 Å². The van der Waals surface area contributed by atoms with Crippen LogP contribution in [0.5, 0.6) is 5.75 Å². The van der Waals surface area contributed by atoms with Crippen LogP contribution in [0.15, 0.2) is 54.6 Å². The molecule has 0 atom stereocenters. The monoisotopic (exact) mass is 420 g/mol. The summed E-state index contributed by atoms with van der Waals surface area (Å²) in [6, 6.07) is 13.1. The molecular weight excluding hydrogens is 400 g/mol. The van der Waals surface area contributed by atoms with E-state index in [2.05, 4.69) is 0 Å². The first-order valence-electron chi connectivity index (χ1n) is 9.57. The van der Waals surface area contributed by atoms with Crippen molar-refractivity contribution in [1.29, 1.82) is 0 Å². The second-order valence-electron chi connectivity index (χ2n) is 7.50. The predicted octanol–water partition coefficient (Wildman–Crippen LogP) is 5.57. The Morgan fingerprint density at radius 1 is 0.933 bits per heavy atom. The van der Waals surface area contributed by atoms with Crippen LogP contribution in [-0.2, 0) is 23.1 Å². The van der Waals surface area contributed by atoms with E-state index in [4.69, 9.17) is 9.47 Å². The van der Waals surface area contributed by atoms with E-state index in [9.17, 15) is 22.7 Å². The molecule has 0 amide bonds. The number of fused-ring (bicyclic) bond motifs is 1. The van der Waals surface area contributed by atoms with Crippen molar-refractivity contribution in [3.05, 3.63) is 77.1 Å². The molecule has 4 rings (SSSR count). The van der Waals surface area contributed by atoms with Crippen molar-refractivity contribution in [2.24, 2.45) is 0 Å². The van der Waals surface area contributed by atoms with Gasteiger partial charge in [0, 0.05) is 26.1 Å². The van der Waals surface area contributed by atoms with Gasteiger partial charge in [0.25, 0.3) is 0 Å². The fraction of sp³-hybridized carbons (Fsp3) is 0.304. The second kappa shape index (κ2) is 7.89. The van der Waals surface area contributed by atoms with Crippen molar-refractivity contribution in [3.63, 3.8) is 0 Å². The summed E-state index contributed by atoms with van der Waals surface area (Å²) in [5, 5.41) is 12.4. The normalized spacial score (nSPS) is 16.6. The Morgan fingerprint density at radius 2 is 1.67 bits per heavy atom. The minimum Gasteiger partial charge on any atom is -0.489 e. The Kier molecular flexibility index (Phi) is 5.42. The van der Waals surface area contributed by atoms with Gasteiger partial charge in [-0.3, -0.25) is 0 Å². The summed E-state index contributed by atoms with van der Waals surface area (Å²) in [5.74, 6) is -0.355. The van der Waals surface area contributed by atoms with Gasteiger partial charge in [0.05, 0.1) is 11.2 Å². The van der Waals surface area contributed by atoms with Gasteiger partial charge in [-0.15, -0.1) is 0 Å². The zero-order valence-electron chi connectivity index (χ0n) is 16.0. The van der Waals surface area contributed by atoms with E-state index in [0.29, 0.717) is 10.9 Å². The maximum atomic E-state index is 13.5. The van der Waals surface area contributed by atoms with Crippen molar-refractivity contribution in [1.82, 2.24) is 0 Å². The van der Waals surface area contributed by atoms with Crippen molar-refractivity contribution in [2.75, 3.05) is 13.2 Å². The fourth-order valence-electron chi connectivity index (χ4n) is 3.64. The molecule has 0 unspecified atom stereocenters. The number of hydrogen-bond acceptors (Lipinski definition) is 3. The average Bonchev–Trinajstić information content (AvgIpc) is 2.71. The average molecular weight is 420 g/mol. The van der Waals surface area contributed by atoms with Crippen LogP contribution in [0.4, 0.5) is 17.6 Å². The Morgan fingerprint density at radius 3 is 2.40 bits per heavy atom. The molecule has 3 aromatic rings. The third kappa shape index (κ3) is 4.42. The van der Waals surface area contributed by atoms with Gasteiger partial charge >= 0.3 is 6.18 Å². The van der Waals surface area contributed by atoms with E-state index in [1.807, 2.05) is 0 Å². The largest absolute Gasteiger partial charge is 0.489 e. The molecule has 0 saturated carbocycles. The van der Waals surface area contributed by atoms with Crippen LogP contribution in [0.3, 0.4) is 0 Å². The van der Waals surface area contributed by atoms with Gasteiger partial charge in [-0.2, -0.15) is 13.2 Å². The SMILES string of the molecule is OC1(c2cc(OCc3ccc4ccc(F)cc4c3)cc(C(F)(F)F)c2)CCOCC1. The van der Waals surface area contributed by atoms with E-state index in [0.717, 1.165) is 17.5 Å². The standard InChI is InChI=1S/C23H20F4O3/c24-20-4-3-16-2-1-15(9-17(16)10-20)14-30-21-12-18(11-19(13-21)23(25,26)27)22(28)5-7-29-8-6-22/h1-4,9-13,28H,5-8,14H2. The lowest BCUT2D eigenvalue weighted by molar-refractivity contribution is -0.138. The van der Waals surface area contributed by atoms with Crippen LogP contribution < -0.4 is 4.74 Å². The maximum Gasteiger partial charge on any atom is 0.416 e. The van der Waals surface area contributed by atoms with Gasteiger partial charge in [0.15, 0.2) is 0 Å². The maximum absolute atomic E-state index is 13.5. The molecule has 158 valence electrons. The van der Waals surface area contributed by atoms with E-state index in [1.54, 1.807) is 24.3 Å². The molecule has 1 N–H and O–H groups in total. The fourth-order valence-corrected chi connectivity index (χ4v) is 3.64. The summed E-state index contributed by atoms with van der Waals surface area (Å²) in [6.45, 7) is 0.557. The molecule has 3 nitrogen and oxygen atoms in total. The Bertz CT molecular complexity index is 1060. The molecule has 0 bridgehead atoms. The molecule has 7 heteroatoms. The van der Waals surface area contributed by atoms with Gasteiger partial charge in [0.2, 0.25) is 0 Å². The van der Waals surface area contributed by atoms with E-state index >= 15 is 0 Å². The minimum absolute atomic E-state index is 0.00867. The number of rotatable bonds is 4. The molecule has 0 radical (unpaired) electrons. The Labute approximate surface area is 170 Å². The first-order chi connectivity index (χ1) is 14.2. The van der Waals surface area contributed by atoms with Crippen molar-refractivity contribution in [2.45, 2.75) is 31.2 Å². The van der Waals surface area contributed by atoms with Crippen LogP contribution in [0.1, 0.15) is 29.5 Å². The summed E-state index contributed by atoms with van der Waals surface area (Å²) in [5.41, 5.74) is -1.42. The highest BCUT2D eigenvalue weighted by Crippen LogP contribution is 2.39. The third-order valence-corrected chi connectivity index (χ3v) is 5.36. The molecule has 1 saturated heterocycles. The molecular formula is C23H20F4O3. The van der Waals surface area contributed by atoms with Crippen LogP contribution in [0, 0.1) is 5.82 Å². The smallest absolute Gasteiger partial charge is 0.416 e. The van der Waals surface area contributed by atoms with E-state index in [-0.39, 0.29) is 49.8 Å². The van der Waals surface area contributed by atoms with Crippen LogP contribution in [0.2, 0.25) is 0 Å². The summed E-state index contributed by atoms with van der Waals surface area (Å²) in [7, 11) is 0. The zero-order chi connectivity index (χ0) is 21.4. The molecule has 0 aromatic heterocycles. The predicted molar refractivity (Wildman–Crippen MR) is 104 cm³/mol.